The molecule has 1 saturated heterocycles. The van der Waals surface area contributed by atoms with Gasteiger partial charge in [0.25, 0.3) is 5.91 Å². The molecule has 1 amide bonds. The van der Waals surface area contributed by atoms with E-state index in [0.29, 0.717) is 11.3 Å². The van der Waals surface area contributed by atoms with Crippen LogP contribution in [0.4, 0.5) is 5.69 Å². The fourth-order valence-electron chi connectivity index (χ4n) is 2.72. The van der Waals surface area contributed by atoms with Crippen LogP contribution in [0, 0.1) is 0 Å². The minimum absolute atomic E-state index is 0.117. The van der Waals surface area contributed by atoms with Crippen LogP contribution in [0.3, 0.4) is 0 Å². The van der Waals surface area contributed by atoms with Crippen molar-refractivity contribution < 1.29 is 9.53 Å². The topological polar surface area (TPSA) is 64.1 Å². The number of thioether (sulfide) groups is 1. The van der Waals surface area contributed by atoms with Gasteiger partial charge in [0.05, 0.1) is 29.7 Å². The van der Waals surface area contributed by atoms with Crippen molar-refractivity contribution in [3.05, 3.63) is 48.0 Å². The zero-order valence-corrected chi connectivity index (χ0v) is 16.3. The highest BCUT2D eigenvalue weighted by Crippen LogP contribution is 2.27. The number of nitrogens with one attached hydrogen (secondary N) is 1. The van der Waals surface area contributed by atoms with Crippen molar-refractivity contribution in [3.63, 3.8) is 0 Å². The Labute approximate surface area is 159 Å². The van der Waals surface area contributed by atoms with E-state index in [1.807, 2.05) is 24.3 Å². The molecule has 1 atom stereocenters. The molecular weight excluding hydrogens is 346 g/mol. The van der Waals surface area contributed by atoms with Crippen molar-refractivity contribution in [1.29, 1.82) is 0 Å². The molecule has 5 nitrogen and oxygen atoms in total. The van der Waals surface area contributed by atoms with Gasteiger partial charge < -0.3 is 10.1 Å². The monoisotopic (exact) mass is 371 g/mol. The molecule has 26 heavy (non-hydrogen) atoms. The van der Waals surface area contributed by atoms with Gasteiger partial charge in [0.2, 0.25) is 0 Å². The predicted octanol–water partition coefficient (Wildman–Crippen LogP) is 4.30. The number of hydrogen-bond acceptors (Lipinski definition) is 5. The minimum atomic E-state index is -0.146. The van der Waals surface area contributed by atoms with Gasteiger partial charge in [0.1, 0.15) is 5.82 Å². The zero-order valence-electron chi connectivity index (χ0n) is 15.5. The maximum atomic E-state index is 12.7. The van der Waals surface area contributed by atoms with Gasteiger partial charge >= 0.3 is 0 Å². The third-order valence-corrected chi connectivity index (χ3v) is 5.37. The number of anilines is 1. The van der Waals surface area contributed by atoms with Crippen LogP contribution in [0.25, 0.3) is 0 Å². The number of carbonyl (C=O) groups excluding carboxylic acids is 1. The van der Waals surface area contributed by atoms with Crippen LogP contribution in [-0.4, -0.2) is 34.3 Å². The molecule has 2 aromatic rings. The van der Waals surface area contributed by atoms with E-state index in [1.165, 1.54) is 0 Å². The Balaban J connectivity index is 1.67. The average Bonchev–Trinajstić information content (AvgIpc) is 3.13. The van der Waals surface area contributed by atoms with E-state index >= 15 is 0 Å². The number of carbonyl (C=O) groups is 1. The lowest BCUT2D eigenvalue weighted by Crippen LogP contribution is -2.18. The molecule has 1 aliphatic heterocycles. The summed E-state index contributed by atoms with van der Waals surface area (Å²) in [5.41, 5.74) is 1.14. The van der Waals surface area contributed by atoms with Crippen LogP contribution < -0.4 is 5.32 Å². The van der Waals surface area contributed by atoms with Crippen LogP contribution in [0.2, 0.25) is 0 Å². The zero-order chi connectivity index (χ0) is 18.6. The van der Waals surface area contributed by atoms with E-state index in [-0.39, 0.29) is 17.4 Å². The Morgan fingerprint density at radius 2 is 2.00 bits per heavy atom. The fraction of sp³-hybridized carbons (Fsp3) is 0.450. The molecule has 0 spiro atoms. The number of hydrogen-bond donors (Lipinski definition) is 1. The van der Waals surface area contributed by atoms with Gasteiger partial charge in [-0.2, -0.15) is 0 Å². The molecule has 0 unspecified atom stereocenters. The van der Waals surface area contributed by atoms with E-state index in [9.17, 15) is 4.79 Å². The van der Waals surface area contributed by atoms with Crippen LogP contribution in [0.15, 0.2) is 41.6 Å². The van der Waals surface area contributed by atoms with Crippen LogP contribution in [0.1, 0.15) is 49.8 Å². The average molecular weight is 372 g/mol. The molecule has 1 aromatic carbocycles. The molecule has 1 aromatic heterocycles. The van der Waals surface area contributed by atoms with Gasteiger partial charge in [0.15, 0.2) is 0 Å². The summed E-state index contributed by atoms with van der Waals surface area (Å²) in [5, 5.41) is 2.90. The highest BCUT2D eigenvalue weighted by molar-refractivity contribution is 7.99. The molecule has 1 fully saturated rings. The lowest BCUT2D eigenvalue weighted by molar-refractivity contribution is 0.102. The standard InChI is InChI=1S/C20H25N3O2S/c1-20(2,3)19-21-11-14(12-22-19)23-18(24)16-8-4-5-9-17(16)26-13-15-7-6-10-25-15/h4-5,8-9,11-12,15H,6-7,10,13H2,1-3H3,(H,23,24)/t15-/m1/s1. The van der Waals surface area contributed by atoms with Crippen molar-refractivity contribution in [2.75, 3.05) is 17.7 Å². The normalized spacial score (nSPS) is 17.3. The number of aromatic nitrogens is 2. The first kappa shape index (κ1) is 18.9. The third-order valence-electron chi connectivity index (χ3n) is 4.16. The molecule has 1 N–H and O–H groups in total. The lowest BCUT2D eigenvalue weighted by Gasteiger charge is -2.16. The molecule has 0 radical (unpaired) electrons. The van der Waals surface area contributed by atoms with Crippen molar-refractivity contribution in [2.24, 2.45) is 0 Å². The SMILES string of the molecule is CC(C)(C)c1ncc(NC(=O)c2ccccc2SC[C@H]2CCCO2)cn1. The first-order chi connectivity index (χ1) is 12.4. The maximum Gasteiger partial charge on any atom is 0.256 e. The Bertz CT molecular complexity index is 750. The fourth-order valence-corrected chi connectivity index (χ4v) is 3.84. The molecule has 1 aliphatic rings. The summed E-state index contributed by atoms with van der Waals surface area (Å²) >= 11 is 1.67. The highest BCUT2D eigenvalue weighted by Gasteiger charge is 2.19. The van der Waals surface area contributed by atoms with Crippen molar-refractivity contribution in [2.45, 2.75) is 50.0 Å². The van der Waals surface area contributed by atoms with Crippen molar-refractivity contribution >= 4 is 23.4 Å². The summed E-state index contributed by atoms with van der Waals surface area (Å²) < 4.78 is 5.67. The lowest BCUT2D eigenvalue weighted by atomic mass is 9.96. The maximum absolute atomic E-state index is 12.7. The van der Waals surface area contributed by atoms with Gasteiger partial charge in [-0.05, 0) is 25.0 Å². The Morgan fingerprint density at radius 1 is 1.27 bits per heavy atom. The predicted molar refractivity (Wildman–Crippen MR) is 105 cm³/mol. The van der Waals surface area contributed by atoms with Gasteiger partial charge in [-0.25, -0.2) is 9.97 Å². The Hall–Kier alpha value is -1.92. The summed E-state index contributed by atoms with van der Waals surface area (Å²) in [5.74, 6) is 1.48. The summed E-state index contributed by atoms with van der Waals surface area (Å²) in [6, 6.07) is 7.66. The van der Waals surface area contributed by atoms with E-state index < -0.39 is 0 Å². The summed E-state index contributed by atoms with van der Waals surface area (Å²) in [6.45, 7) is 7.02. The molecule has 0 aliphatic carbocycles. The van der Waals surface area contributed by atoms with Crippen LogP contribution in [0.5, 0.6) is 0 Å². The third kappa shape index (κ3) is 4.83. The van der Waals surface area contributed by atoms with Crippen molar-refractivity contribution in [1.82, 2.24) is 9.97 Å². The quantitative estimate of drug-likeness (QED) is 0.794. The first-order valence-electron chi connectivity index (χ1n) is 8.91. The molecule has 138 valence electrons. The largest absolute Gasteiger partial charge is 0.377 e. The van der Waals surface area contributed by atoms with Gasteiger partial charge in [0, 0.05) is 22.7 Å². The molecule has 0 bridgehead atoms. The number of rotatable bonds is 5. The van der Waals surface area contributed by atoms with Crippen LogP contribution in [-0.2, 0) is 10.2 Å². The summed E-state index contributed by atoms with van der Waals surface area (Å²) in [4.78, 5) is 22.4. The van der Waals surface area contributed by atoms with Crippen molar-refractivity contribution in [3.8, 4) is 0 Å². The Kier molecular flexibility index (Phi) is 5.94. The van der Waals surface area contributed by atoms with E-state index in [0.717, 1.165) is 35.9 Å². The van der Waals surface area contributed by atoms with Gasteiger partial charge in [-0.15, -0.1) is 11.8 Å². The van der Waals surface area contributed by atoms with Gasteiger partial charge in [-0.1, -0.05) is 32.9 Å². The number of benzene rings is 1. The molecular formula is C20H25N3O2S. The van der Waals surface area contributed by atoms with E-state index in [1.54, 1.807) is 24.2 Å². The molecule has 0 saturated carbocycles. The number of nitrogens with zero attached hydrogens (tertiary/aromatic N) is 2. The molecule has 6 heteroatoms. The second-order valence-corrected chi connectivity index (χ2v) is 8.50. The second kappa shape index (κ2) is 8.18. The second-order valence-electron chi connectivity index (χ2n) is 7.44. The number of ether oxygens (including phenoxy) is 1. The van der Waals surface area contributed by atoms with Crippen LogP contribution >= 0.6 is 11.8 Å². The number of amides is 1. The molecule has 2 heterocycles. The van der Waals surface area contributed by atoms with Gasteiger partial charge in [-0.3, -0.25) is 4.79 Å². The smallest absolute Gasteiger partial charge is 0.256 e. The minimum Gasteiger partial charge on any atom is -0.377 e. The first-order valence-corrected chi connectivity index (χ1v) is 9.89. The molecule has 3 rings (SSSR count). The summed E-state index contributed by atoms with van der Waals surface area (Å²) in [6.07, 6.45) is 5.83. The highest BCUT2D eigenvalue weighted by atomic mass is 32.2. The van der Waals surface area contributed by atoms with E-state index in [2.05, 4.69) is 36.1 Å². The summed E-state index contributed by atoms with van der Waals surface area (Å²) in [7, 11) is 0. The Morgan fingerprint density at radius 3 is 2.65 bits per heavy atom. The van der Waals surface area contributed by atoms with E-state index in [4.69, 9.17) is 4.74 Å².